The molecule has 0 spiro atoms. The van der Waals surface area contributed by atoms with Crippen molar-refractivity contribution in [2.75, 3.05) is 0 Å². The Hall–Kier alpha value is -4.01. The summed E-state index contributed by atoms with van der Waals surface area (Å²) in [4.78, 5) is 12.3. The third-order valence-corrected chi connectivity index (χ3v) is 10.9. The van der Waals surface area contributed by atoms with Gasteiger partial charge in [-0.2, -0.15) is 0 Å². The van der Waals surface area contributed by atoms with Crippen LogP contribution in [0.2, 0.25) is 0 Å². The van der Waals surface area contributed by atoms with Crippen LogP contribution in [0.4, 0.5) is 0 Å². The molecule has 7 nitrogen and oxygen atoms in total. The van der Waals surface area contributed by atoms with Gasteiger partial charge in [-0.1, -0.05) is 78.4 Å². The Labute approximate surface area is 254 Å². The first-order valence-electron chi connectivity index (χ1n) is 15.2. The van der Waals surface area contributed by atoms with E-state index in [1.165, 1.54) is 21.1 Å². The zero-order chi connectivity index (χ0) is 29.4. The fourth-order valence-corrected chi connectivity index (χ4v) is 8.30. The molecule has 1 saturated carbocycles. The minimum absolute atomic E-state index is 0.205. The number of aromatic nitrogens is 2. The van der Waals surface area contributed by atoms with Gasteiger partial charge in [0.25, 0.3) is 10.0 Å². The SMILES string of the molecule is Cc1ccc(S(=O)(=O)N2C=CC3C2N=Cc2ncc(C4CCC(N(Cc5ccccc5)Cc5ccccc5)CC4)n23)cc1. The lowest BCUT2D eigenvalue weighted by Gasteiger charge is -2.38. The third-order valence-electron chi connectivity index (χ3n) is 9.18. The maximum atomic E-state index is 13.6. The van der Waals surface area contributed by atoms with Gasteiger partial charge in [0.15, 0.2) is 12.0 Å². The molecule has 3 heterocycles. The van der Waals surface area contributed by atoms with Crippen LogP contribution in [0.1, 0.15) is 65.9 Å². The van der Waals surface area contributed by atoms with Crippen LogP contribution in [0, 0.1) is 6.92 Å². The molecule has 0 radical (unpaired) electrons. The van der Waals surface area contributed by atoms with Gasteiger partial charge in [0.1, 0.15) is 0 Å². The lowest BCUT2D eigenvalue weighted by atomic mass is 9.83. The summed E-state index contributed by atoms with van der Waals surface area (Å²) < 4.78 is 30.8. The second-order valence-electron chi connectivity index (χ2n) is 12.0. The van der Waals surface area contributed by atoms with Crippen LogP contribution in [-0.2, 0) is 23.1 Å². The van der Waals surface area contributed by atoms with E-state index in [0.29, 0.717) is 12.0 Å². The highest BCUT2D eigenvalue weighted by Gasteiger charge is 2.42. The van der Waals surface area contributed by atoms with Crippen LogP contribution in [0.25, 0.3) is 0 Å². The minimum atomic E-state index is -3.72. The molecule has 8 heteroatoms. The van der Waals surface area contributed by atoms with Crippen molar-refractivity contribution in [3.63, 3.8) is 0 Å². The molecular formula is C35H37N5O2S. The van der Waals surface area contributed by atoms with Gasteiger partial charge in [-0.25, -0.2) is 17.7 Å². The number of aliphatic imine (C=N–C) groups is 1. The molecule has 0 saturated heterocycles. The van der Waals surface area contributed by atoms with E-state index in [4.69, 9.17) is 4.98 Å². The van der Waals surface area contributed by atoms with Crippen LogP contribution in [0.15, 0.2) is 113 Å². The van der Waals surface area contributed by atoms with Crippen molar-refractivity contribution >= 4 is 16.2 Å². The molecule has 1 fully saturated rings. The first-order chi connectivity index (χ1) is 21.0. The fourth-order valence-electron chi connectivity index (χ4n) is 6.88. The van der Waals surface area contributed by atoms with Gasteiger partial charge < -0.3 is 4.57 Å². The summed E-state index contributed by atoms with van der Waals surface area (Å²) in [5.74, 6) is 1.17. The standard InChI is InChI=1S/C35H37N5O2S/c1-26-12-18-31(19-13-26)43(41,42)39-21-20-32-35(39)37-23-34-36-22-33(40(32)34)29-14-16-30(17-15-29)38(24-27-8-4-2-5-9-27)25-28-10-6-3-7-11-28/h2-13,18-23,29-30,32,35H,14-17,24-25H2,1H3. The highest BCUT2D eigenvalue weighted by molar-refractivity contribution is 7.89. The summed E-state index contributed by atoms with van der Waals surface area (Å²) >= 11 is 0. The highest BCUT2D eigenvalue weighted by atomic mass is 32.2. The summed E-state index contributed by atoms with van der Waals surface area (Å²) in [5.41, 5.74) is 4.89. The van der Waals surface area contributed by atoms with Crippen molar-refractivity contribution in [1.82, 2.24) is 18.8 Å². The zero-order valence-electron chi connectivity index (χ0n) is 24.4. The molecule has 220 valence electrons. The minimum Gasteiger partial charge on any atom is -0.316 e. The van der Waals surface area contributed by atoms with E-state index in [1.54, 1.807) is 24.5 Å². The molecule has 1 aliphatic carbocycles. The van der Waals surface area contributed by atoms with Gasteiger partial charge in [0.2, 0.25) is 0 Å². The van der Waals surface area contributed by atoms with Crippen molar-refractivity contribution in [2.24, 2.45) is 4.99 Å². The van der Waals surface area contributed by atoms with E-state index in [1.807, 2.05) is 31.3 Å². The molecule has 0 N–H and O–H groups in total. The average molecular weight is 592 g/mol. The van der Waals surface area contributed by atoms with Crippen molar-refractivity contribution in [1.29, 1.82) is 0 Å². The molecule has 0 amide bonds. The zero-order valence-corrected chi connectivity index (χ0v) is 25.2. The van der Waals surface area contributed by atoms with Gasteiger partial charge in [-0.15, -0.1) is 0 Å². The van der Waals surface area contributed by atoms with Crippen molar-refractivity contribution in [2.45, 2.75) is 74.8 Å². The number of hydrogen-bond donors (Lipinski definition) is 0. The molecule has 3 aromatic carbocycles. The van der Waals surface area contributed by atoms with Gasteiger partial charge in [0, 0.05) is 43.1 Å². The van der Waals surface area contributed by atoms with Crippen molar-refractivity contribution < 1.29 is 8.42 Å². The van der Waals surface area contributed by atoms with Gasteiger partial charge in [-0.3, -0.25) is 9.89 Å². The summed E-state index contributed by atoms with van der Waals surface area (Å²) in [6.07, 6.45) is 11.2. The monoisotopic (exact) mass is 591 g/mol. The lowest BCUT2D eigenvalue weighted by molar-refractivity contribution is 0.132. The molecule has 3 aliphatic rings. The Morgan fingerprint density at radius 1 is 0.837 bits per heavy atom. The Morgan fingerprint density at radius 2 is 1.47 bits per heavy atom. The largest absolute Gasteiger partial charge is 0.316 e. The lowest BCUT2D eigenvalue weighted by Crippen LogP contribution is -2.40. The molecule has 43 heavy (non-hydrogen) atoms. The van der Waals surface area contributed by atoms with E-state index in [9.17, 15) is 8.42 Å². The Balaban J connectivity index is 1.08. The molecule has 2 atom stereocenters. The number of sulfonamides is 1. The van der Waals surface area contributed by atoms with Gasteiger partial charge in [-0.05, 0) is 61.9 Å². The number of nitrogens with zero attached hydrogens (tertiary/aromatic N) is 5. The summed E-state index contributed by atoms with van der Waals surface area (Å²) in [7, 11) is -3.72. The average Bonchev–Trinajstić information content (AvgIpc) is 3.67. The smallest absolute Gasteiger partial charge is 0.265 e. The Morgan fingerprint density at radius 3 is 2.09 bits per heavy atom. The molecular weight excluding hydrogens is 554 g/mol. The number of hydrogen-bond acceptors (Lipinski definition) is 5. The van der Waals surface area contributed by atoms with E-state index < -0.39 is 16.2 Å². The van der Waals surface area contributed by atoms with E-state index in [-0.39, 0.29) is 10.9 Å². The van der Waals surface area contributed by atoms with E-state index in [2.05, 4.69) is 75.1 Å². The van der Waals surface area contributed by atoms with Crippen LogP contribution in [0.5, 0.6) is 0 Å². The van der Waals surface area contributed by atoms with Crippen LogP contribution < -0.4 is 0 Å². The first-order valence-corrected chi connectivity index (χ1v) is 16.6. The maximum absolute atomic E-state index is 13.6. The first kappa shape index (κ1) is 27.8. The molecule has 1 aromatic heterocycles. The topological polar surface area (TPSA) is 70.8 Å². The van der Waals surface area contributed by atoms with E-state index in [0.717, 1.165) is 50.2 Å². The molecule has 2 unspecified atom stereocenters. The van der Waals surface area contributed by atoms with Crippen molar-refractivity contribution in [3.8, 4) is 0 Å². The molecule has 4 aromatic rings. The van der Waals surface area contributed by atoms with E-state index >= 15 is 0 Å². The quantitative estimate of drug-likeness (QED) is 0.237. The molecule has 0 bridgehead atoms. The Kier molecular flexibility index (Phi) is 7.49. The second kappa shape index (κ2) is 11.6. The number of fused-ring (bicyclic) bond motifs is 3. The van der Waals surface area contributed by atoms with Crippen LogP contribution in [-0.4, -0.2) is 45.6 Å². The second-order valence-corrected chi connectivity index (χ2v) is 13.8. The fraction of sp³-hybridized carbons (Fsp3) is 0.314. The predicted molar refractivity (Wildman–Crippen MR) is 169 cm³/mol. The maximum Gasteiger partial charge on any atom is 0.265 e. The summed E-state index contributed by atoms with van der Waals surface area (Å²) in [6.45, 7) is 3.82. The number of aryl methyl sites for hydroxylation is 1. The summed E-state index contributed by atoms with van der Waals surface area (Å²) in [5, 5.41) is 0. The third kappa shape index (κ3) is 5.45. The Bertz CT molecular complexity index is 1680. The summed E-state index contributed by atoms with van der Waals surface area (Å²) in [6, 6.07) is 28.8. The molecule has 7 rings (SSSR count). The van der Waals surface area contributed by atoms with Crippen molar-refractivity contribution in [3.05, 3.63) is 132 Å². The highest BCUT2D eigenvalue weighted by Crippen LogP contribution is 2.41. The number of rotatable bonds is 8. The van der Waals surface area contributed by atoms with Crippen LogP contribution >= 0.6 is 0 Å². The normalized spacial score (nSPS) is 23.0. The van der Waals surface area contributed by atoms with Gasteiger partial charge in [0.05, 0.1) is 17.2 Å². The molecule has 2 aliphatic heterocycles. The number of benzene rings is 3. The van der Waals surface area contributed by atoms with Crippen LogP contribution in [0.3, 0.4) is 0 Å². The number of imidazole rings is 1. The predicted octanol–water partition coefficient (Wildman–Crippen LogP) is 6.44. The van der Waals surface area contributed by atoms with Gasteiger partial charge >= 0.3 is 0 Å².